The number of nitrogens with two attached hydrogens (primary N) is 1. The third-order valence-corrected chi connectivity index (χ3v) is 3.44. The van der Waals surface area contributed by atoms with Crippen LogP contribution in [0, 0.1) is 0 Å². The standard InChI is InChI=1S/C12H21F2N3/c1-4-11(3,9-16-10(2)15)17-7-5-12(13,14)6-8-17/h9H,2,4-8,15H2,1,3H3/b16-9-. The maximum Gasteiger partial charge on any atom is 0.250 e. The highest BCUT2D eigenvalue weighted by atomic mass is 19.3. The van der Waals surface area contributed by atoms with Crippen LogP contribution in [-0.2, 0) is 0 Å². The van der Waals surface area contributed by atoms with E-state index in [2.05, 4.69) is 11.6 Å². The van der Waals surface area contributed by atoms with Crippen molar-refractivity contribution in [1.29, 1.82) is 0 Å². The second kappa shape index (κ2) is 5.12. The van der Waals surface area contributed by atoms with Crippen molar-refractivity contribution < 1.29 is 8.78 Å². The van der Waals surface area contributed by atoms with Gasteiger partial charge in [0.2, 0.25) is 0 Å². The molecule has 3 nitrogen and oxygen atoms in total. The molecule has 0 amide bonds. The molecule has 0 spiro atoms. The molecule has 0 aliphatic carbocycles. The van der Waals surface area contributed by atoms with E-state index >= 15 is 0 Å². The Morgan fingerprint density at radius 2 is 2.06 bits per heavy atom. The average molecular weight is 245 g/mol. The highest BCUT2D eigenvalue weighted by Gasteiger charge is 2.39. The highest BCUT2D eigenvalue weighted by molar-refractivity contribution is 5.70. The number of rotatable bonds is 4. The van der Waals surface area contributed by atoms with E-state index in [9.17, 15) is 8.78 Å². The van der Waals surface area contributed by atoms with Crippen molar-refractivity contribution in [3.63, 3.8) is 0 Å². The molecule has 0 aromatic heterocycles. The van der Waals surface area contributed by atoms with E-state index in [0.717, 1.165) is 6.42 Å². The Kier molecular flexibility index (Phi) is 4.25. The summed E-state index contributed by atoms with van der Waals surface area (Å²) in [7, 11) is 0. The number of hydrogen-bond acceptors (Lipinski definition) is 3. The molecular formula is C12H21F2N3. The van der Waals surface area contributed by atoms with Gasteiger partial charge in [-0.3, -0.25) is 4.90 Å². The van der Waals surface area contributed by atoms with Gasteiger partial charge in [-0.2, -0.15) is 0 Å². The lowest BCUT2D eigenvalue weighted by atomic mass is 9.94. The van der Waals surface area contributed by atoms with Crippen molar-refractivity contribution >= 4 is 6.21 Å². The maximum atomic E-state index is 13.1. The van der Waals surface area contributed by atoms with Crippen molar-refractivity contribution in [2.75, 3.05) is 13.1 Å². The summed E-state index contributed by atoms with van der Waals surface area (Å²) in [5.41, 5.74) is 5.08. The lowest BCUT2D eigenvalue weighted by molar-refractivity contribution is -0.0673. The van der Waals surface area contributed by atoms with Gasteiger partial charge in [0, 0.05) is 32.1 Å². The summed E-state index contributed by atoms with van der Waals surface area (Å²) in [6.07, 6.45) is 2.36. The summed E-state index contributed by atoms with van der Waals surface area (Å²) >= 11 is 0. The molecule has 0 aromatic carbocycles. The number of piperidine rings is 1. The Hall–Kier alpha value is -0.970. The molecule has 1 atom stereocenters. The molecule has 17 heavy (non-hydrogen) atoms. The smallest absolute Gasteiger partial charge is 0.250 e. The van der Waals surface area contributed by atoms with Gasteiger partial charge < -0.3 is 5.73 Å². The average Bonchev–Trinajstić information content (AvgIpc) is 2.26. The molecule has 1 aliphatic rings. The SMILES string of the molecule is C=C(N)/N=C\C(C)(CC)N1CCC(F)(F)CC1. The van der Waals surface area contributed by atoms with E-state index in [1.807, 2.05) is 18.7 Å². The minimum atomic E-state index is -2.51. The fourth-order valence-electron chi connectivity index (χ4n) is 1.96. The minimum Gasteiger partial charge on any atom is -0.384 e. The number of alkyl halides is 2. The van der Waals surface area contributed by atoms with Crippen LogP contribution in [-0.4, -0.2) is 35.7 Å². The van der Waals surface area contributed by atoms with Crippen LogP contribution in [0.5, 0.6) is 0 Å². The van der Waals surface area contributed by atoms with Crippen LogP contribution in [0.15, 0.2) is 17.4 Å². The van der Waals surface area contributed by atoms with E-state index in [-0.39, 0.29) is 24.2 Å². The van der Waals surface area contributed by atoms with Crippen LogP contribution in [0.2, 0.25) is 0 Å². The van der Waals surface area contributed by atoms with Crippen LogP contribution in [0.3, 0.4) is 0 Å². The van der Waals surface area contributed by atoms with Gasteiger partial charge in [-0.1, -0.05) is 13.5 Å². The van der Waals surface area contributed by atoms with Gasteiger partial charge in [-0.05, 0) is 13.3 Å². The lowest BCUT2D eigenvalue weighted by Gasteiger charge is -2.42. The summed E-state index contributed by atoms with van der Waals surface area (Å²) in [5, 5.41) is 0. The molecule has 1 aliphatic heterocycles. The molecule has 0 bridgehead atoms. The fourth-order valence-corrected chi connectivity index (χ4v) is 1.96. The molecule has 1 unspecified atom stereocenters. The van der Waals surface area contributed by atoms with Crippen molar-refractivity contribution in [2.24, 2.45) is 10.7 Å². The molecule has 0 aromatic rings. The van der Waals surface area contributed by atoms with E-state index in [1.54, 1.807) is 6.21 Å². The second-order valence-electron chi connectivity index (χ2n) is 4.80. The van der Waals surface area contributed by atoms with Crippen LogP contribution < -0.4 is 5.73 Å². The van der Waals surface area contributed by atoms with E-state index in [4.69, 9.17) is 5.73 Å². The van der Waals surface area contributed by atoms with Gasteiger partial charge in [0.05, 0.1) is 5.54 Å². The Bertz CT molecular complexity index is 305. The number of nitrogens with zero attached hydrogens (tertiary/aromatic N) is 2. The summed E-state index contributed by atoms with van der Waals surface area (Å²) < 4.78 is 26.2. The Morgan fingerprint density at radius 1 is 1.53 bits per heavy atom. The van der Waals surface area contributed by atoms with Crippen LogP contribution in [0.4, 0.5) is 8.78 Å². The zero-order valence-corrected chi connectivity index (χ0v) is 10.5. The quantitative estimate of drug-likeness (QED) is 0.773. The molecular weight excluding hydrogens is 224 g/mol. The maximum absolute atomic E-state index is 13.1. The Morgan fingerprint density at radius 3 is 2.47 bits per heavy atom. The molecule has 1 heterocycles. The van der Waals surface area contributed by atoms with Crippen LogP contribution in [0.1, 0.15) is 33.1 Å². The first-order chi connectivity index (χ1) is 7.79. The van der Waals surface area contributed by atoms with Gasteiger partial charge in [0.1, 0.15) is 5.82 Å². The number of likely N-dealkylation sites (tertiary alicyclic amines) is 1. The molecule has 1 saturated heterocycles. The Balaban J connectivity index is 2.71. The van der Waals surface area contributed by atoms with Crippen LogP contribution in [0.25, 0.3) is 0 Å². The topological polar surface area (TPSA) is 41.6 Å². The second-order valence-corrected chi connectivity index (χ2v) is 4.80. The first-order valence-corrected chi connectivity index (χ1v) is 5.91. The Labute approximate surface area is 101 Å². The summed E-state index contributed by atoms with van der Waals surface area (Å²) in [6.45, 7) is 8.28. The molecule has 0 radical (unpaired) electrons. The van der Waals surface area contributed by atoms with Gasteiger partial charge >= 0.3 is 0 Å². The molecule has 1 fully saturated rings. The normalized spacial score (nSPS) is 24.7. The number of aliphatic imine (C=N–C) groups is 1. The molecule has 98 valence electrons. The van der Waals surface area contributed by atoms with Gasteiger partial charge in [0.25, 0.3) is 5.92 Å². The molecule has 1 rings (SSSR count). The lowest BCUT2D eigenvalue weighted by Crippen LogP contribution is -2.53. The zero-order valence-electron chi connectivity index (χ0n) is 10.5. The number of halogens is 2. The predicted molar refractivity (Wildman–Crippen MR) is 66.3 cm³/mol. The first-order valence-electron chi connectivity index (χ1n) is 5.91. The summed E-state index contributed by atoms with van der Waals surface area (Å²) in [4.78, 5) is 6.05. The largest absolute Gasteiger partial charge is 0.384 e. The molecule has 2 N–H and O–H groups in total. The third-order valence-electron chi connectivity index (χ3n) is 3.44. The van der Waals surface area contributed by atoms with Gasteiger partial charge in [-0.15, -0.1) is 0 Å². The zero-order chi connectivity index (χ0) is 13.1. The predicted octanol–water partition coefficient (Wildman–Crippen LogP) is 2.39. The molecule has 0 saturated carbocycles. The van der Waals surface area contributed by atoms with Crippen molar-refractivity contribution in [3.05, 3.63) is 12.4 Å². The van der Waals surface area contributed by atoms with E-state index in [1.165, 1.54) is 0 Å². The first kappa shape index (κ1) is 14.1. The van der Waals surface area contributed by atoms with E-state index < -0.39 is 5.92 Å². The minimum absolute atomic E-state index is 0.0833. The van der Waals surface area contributed by atoms with Crippen molar-refractivity contribution in [2.45, 2.75) is 44.6 Å². The summed E-state index contributed by atoms with van der Waals surface area (Å²) in [6, 6.07) is 0. The highest BCUT2D eigenvalue weighted by Crippen LogP contribution is 2.31. The third kappa shape index (κ3) is 3.77. The number of hydrogen-bond donors (Lipinski definition) is 1. The van der Waals surface area contributed by atoms with Crippen LogP contribution >= 0.6 is 0 Å². The van der Waals surface area contributed by atoms with E-state index in [0.29, 0.717) is 13.1 Å². The van der Waals surface area contributed by atoms with Crippen molar-refractivity contribution in [3.8, 4) is 0 Å². The summed E-state index contributed by atoms with van der Waals surface area (Å²) in [5.74, 6) is -2.27. The fraction of sp³-hybridized carbons (Fsp3) is 0.750. The molecule has 5 heteroatoms. The monoisotopic (exact) mass is 245 g/mol. The van der Waals surface area contributed by atoms with Gasteiger partial charge in [-0.25, -0.2) is 13.8 Å². The van der Waals surface area contributed by atoms with Gasteiger partial charge in [0.15, 0.2) is 0 Å². The van der Waals surface area contributed by atoms with Crippen molar-refractivity contribution in [1.82, 2.24) is 4.90 Å².